The molecule has 0 aromatic heterocycles. The van der Waals surface area contributed by atoms with Gasteiger partial charge in [0.15, 0.2) is 0 Å². The van der Waals surface area contributed by atoms with E-state index in [4.69, 9.17) is 17.7 Å². The van der Waals surface area contributed by atoms with Gasteiger partial charge in [-0.2, -0.15) is 0 Å². The van der Waals surface area contributed by atoms with E-state index in [1.165, 1.54) is 0 Å². The molecule has 0 aliphatic heterocycles. The van der Waals surface area contributed by atoms with Crippen LogP contribution < -0.4 is 5.32 Å². The van der Waals surface area contributed by atoms with Gasteiger partial charge < -0.3 is 23.0 Å². The first-order valence-corrected chi connectivity index (χ1v) is 13.1. The van der Waals surface area contributed by atoms with Gasteiger partial charge in [0.05, 0.1) is 0 Å². The first-order chi connectivity index (χ1) is 11.0. The van der Waals surface area contributed by atoms with Crippen LogP contribution in [-0.2, 0) is 17.7 Å². The summed E-state index contributed by atoms with van der Waals surface area (Å²) in [5.74, 6) is 0. The topological polar surface area (TPSA) is 66.0 Å². The molecule has 0 saturated heterocycles. The van der Waals surface area contributed by atoms with Crippen molar-refractivity contribution in [2.45, 2.75) is 64.7 Å². The van der Waals surface area contributed by atoms with Gasteiger partial charge in [0, 0.05) is 33.4 Å². The fourth-order valence-electron chi connectivity index (χ4n) is 2.43. The molecule has 0 heterocycles. The number of carbonyl (C=O) groups excluding carboxylic acids is 1. The van der Waals surface area contributed by atoms with Gasteiger partial charge in [-0.05, 0) is 31.0 Å². The number of hydrogen-bond donors (Lipinski definition) is 1. The molecule has 8 heteroatoms. The Kier molecular flexibility index (Phi) is 11.8. The lowest BCUT2D eigenvalue weighted by atomic mass is 10.5. The molecule has 0 bridgehead atoms. The zero-order chi connectivity index (χ0) is 17.8. The summed E-state index contributed by atoms with van der Waals surface area (Å²) in [6.07, 6.45) is 1.37. The van der Waals surface area contributed by atoms with Crippen molar-refractivity contribution in [1.29, 1.82) is 0 Å². The Bertz CT molecular complexity index is 315. The van der Waals surface area contributed by atoms with Crippen molar-refractivity contribution >= 4 is 23.2 Å². The van der Waals surface area contributed by atoms with Crippen LogP contribution in [0.1, 0.15) is 40.5 Å². The molecule has 0 radical (unpaired) electrons. The second-order valence-electron chi connectivity index (χ2n) is 5.60. The van der Waals surface area contributed by atoms with E-state index in [-0.39, 0.29) is 6.09 Å². The maximum atomic E-state index is 12.0. The van der Waals surface area contributed by atoms with Gasteiger partial charge in [-0.3, -0.25) is 0 Å². The lowest BCUT2D eigenvalue weighted by molar-refractivity contribution is 0.0977. The van der Waals surface area contributed by atoms with Crippen molar-refractivity contribution in [1.82, 2.24) is 5.32 Å². The Hall–Kier alpha value is -0.416. The lowest BCUT2D eigenvalue weighted by Crippen LogP contribution is -2.45. The van der Waals surface area contributed by atoms with Crippen molar-refractivity contribution in [3.05, 3.63) is 0 Å². The minimum absolute atomic E-state index is 0.293. The average molecular weight is 366 g/mol. The fraction of sp³-hybridized carbons (Fsp3) is 0.933. The van der Waals surface area contributed by atoms with Gasteiger partial charge in [-0.15, -0.1) is 0 Å². The van der Waals surface area contributed by atoms with Crippen LogP contribution in [0.4, 0.5) is 4.79 Å². The lowest BCUT2D eigenvalue weighted by Gasteiger charge is -2.28. The Labute approximate surface area is 143 Å². The van der Waals surface area contributed by atoms with E-state index in [1.54, 1.807) is 14.2 Å². The predicted octanol–water partition coefficient (Wildman–Crippen LogP) is 3.77. The van der Waals surface area contributed by atoms with Crippen molar-refractivity contribution in [2.24, 2.45) is 0 Å². The van der Waals surface area contributed by atoms with Gasteiger partial charge in [-0.25, -0.2) is 4.79 Å². The first kappa shape index (κ1) is 22.6. The van der Waals surface area contributed by atoms with E-state index in [9.17, 15) is 4.79 Å². The molecule has 0 rings (SSSR count). The van der Waals surface area contributed by atoms with Crippen molar-refractivity contribution in [3.8, 4) is 0 Å². The zero-order valence-electron chi connectivity index (χ0n) is 15.7. The first-order valence-electron chi connectivity index (χ1n) is 8.68. The smallest absolute Gasteiger partial charge is 0.500 e. The fourth-order valence-corrected chi connectivity index (χ4v) is 6.91. The summed E-state index contributed by atoms with van der Waals surface area (Å²) in [6, 6.07) is 3.56. The molecule has 23 heavy (non-hydrogen) atoms. The van der Waals surface area contributed by atoms with Crippen LogP contribution in [-0.4, -0.2) is 50.6 Å². The molecule has 0 fully saturated rings. The molecule has 1 N–H and O–H groups in total. The average Bonchev–Trinajstić information content (AvgIpc) is 2.59. The highest BCUT2D eigenvalue weighted by atomic mass is 28.4. The van der Waals surface area contributed by atoms with E-state index >= 15 is 0 Å². The van der Waals surface area contributed by atoms with Gasteiger partial charge in [0.2, 0.25) is 0 Å². The van der Waals surface area contributed by atoms with Crippen LogP contribution in [0.5, 0.6) is 0 Å². The van der Waals surface area contributed by atoms with Crippen LogP contribution in [0.2, 0.25) is 24.2 Å². The molecule has 6 nitrogen and oxygen atoms in total. The van der Waals surface area contributed by atoms with Gasteiger partial charge in [0.1, 0.15) is 0 Å². The molecule has 0 spiro atoms. The second kappa shape index (κ2) is 12.0. The molecular formula is C15H35NO5Si2. The molecular weight excluding hydrogens is 330 g/mol. The van der Waals surface area contributed by atoms with Crippen molar-refractivity contribution in [3.63, 3.8) is 0 Å². The van der Waals surface area contributed by atoms with E-state index in [0.29, 0.717) is 19.2 Å². The monoisotopic (exact) mass is 365 g/mol. The quantitative estimate of drug-likeness (QED) is 0.397. The zero-order valence-corrected chi connectivity index (χ0v) is 17.7. The number of nitrogens with one attached hydrogen (secondary N) is 1. The molecule has 0 atom stereocenters. The summed E-state index contributed by atoms with van der Waals surface area (Å²) >= 11 is 0. The molecule has 1 amide bonds. The predicted molar refractivity (Wildman–Crippen MR) is 97.1 cm³/mol. The Morgan fingerprint density at radius 2 is 1.57 bits per heavy atom. The summed E-state index contributed by atoms with van der Waals surface area (Å²) in [5.41, 5.74) is 0. The van der Waals surface area contributed by atoms with E-state index in [2.05, 4.69) is 26.1 Å². The summed E-state index contributed by atoms with van der Waals surface area (Å²) in [6.45, 7) is 9.53. The summed E-state index contributed by atoms with van der Waals surface area (Å²) in [5, 5.41) is 2.85. The van der Waals surface area contributed by atoms with Crippen LogP contribution in [0.15, 0.2) is 0 Å². The van der Waals surface area contributed by atoms with Crippen LogP contribution >= 0.6 is 0 Å². The van der Waals surface area contributed by atoms with E-state index in [0.717, 1.165) is 31.0 Å². The molecule has 0 aliphatic carbocycles. The van der Waals surface area contributed by atoms with Crippen LogP contribution in [0.25, 0.3) is 0 Å². The molecule has 0 aromatic carbocycles. The van der Waals surface area contributed by atoms with Gasteiger partial charge >= 0.3 is 14.9 Å². The maximum Gasteiger partial charge on any atom is 0.500 e. The van der Waals surface area contributed by atoms with E-state index in [1.807, 2.05) is 6.92 Å². The molecule has 0 unspecified atom stereocenters. The highest BCUT2D eigenvalue weighted by Crippen LogP contribution is 2.21. The highest BCUT2D eigenvalue weighted by molar-refractivity contribution is 6.74. The molecule has 138 valence electrons. The third-order valence-corrected chi connectivity index (χ3v) is 11.7. The third-order valence-electron chi connectivity index (χ3n) is 4.32. The highest BCUT2D eigenvalue weighted by Gasteiger charge is 2.38. The van der Waals surface area contributed by atoms with Crippen LogP contribution in [0, 0.1) is 0 Å². The maximum absolute atomic E-state index is 12.0. The standard InChI is InChI=1S/C15H35NO5Si2/c1-7-13-20-23(18-5,19-6)14-11-12-16-15(17)21-22(8-2,9-3)10-4/h7-14H2,1-6H3,(H,16,17). The summed E-state index contributed by atoms with van der Waals surface area (Å²) < 4.78 is 22.5. The number of carbonyl (C=O) groups is 1. The minimum Gasteiger partial charge on any atom is -0.504 e. The Morgan fingerprint density at radius 1 is 1.00 bits per heavy atom. The number of amides is 1. The second-order valence-corrected chi connectivity index (χ2v) is 13.3. The third kappa shape index (κ3) is 7.80. The Morgan fingerprint density at radius 3 is 2.00 bits per heavy atom. The SMILES string of the molecule is CCCO[Si](CCCNC(=O)O[Si](CC)(CC)CC)(OC)OC. The van der Waals surface area contributed by atoms with Gasteiger partial charge in [0.25, 0.3) is 8.32 Å². The summed E-state index contributed by atoms with van der Waals surface area (Å²) in [7, 11) is -1.23. The molecule has 0 saturated carbocycles. The molecule has 0 aliphatic rings. The van der Waals surface area contributed by atoms with E-state index < -0.39 is 17.1 Å². The largest absolute Gasteiger partial charge is 0.504 e. The van der Waals surface area contributed by atoms with Crippen molar-refractivity contribution < 1.29 is 22.5 Å². The Balaban J connectivity index is 4.25. The summed E-state index contributed by atoms with van der Waals surface area (Å²) in [4.78, 5) is 12.0. The van der Waals surface area contributed by atoms with Crippen molar-refractivity contribution in [2.75, 3.05) is 27.4 Å². The normalized spacial score (nSPS) is 12.3. The number of hydrogen-bond acceptors (Lipinski definition) is 5. The number of rotatable bonds is 13. The van der Waals surface area contributed by atoms with Gasteiger partial charge in [-0.1, -0.05) is 27.7 Å². The molecule has 0 aromatic rings. The minimum atomic E-state index is -2.59. The van der Waals surface area contributed by atoms with Crippen LogP contribution in [0.3, 0.4) is 0 Å².